The Morgan fingerprint density at radius 1 is 1.67 bits per heavy atom. The van der Waals surface area contributed by atoms with E-state index in [1.165, 1.54) is 0 Å². The van der Waals surface area contributed by atoms with E-state index in [1.807, 2.05) is 10.8 Å². The standard InChI is InChI=1S/C7H6BrNO2S/c8-5-3-12-2-4(5)6-1-11-7(10)9-6/h2-3,6H,1H2,(H,9,10). The van der Waals surface area contributed by atoms with Crippen molar-refractivity contribution in [3.05, 3.63) is 20.8 Å². The molecule has 1 atom stereocenters. The van der Waals surface area contributed by atoms with Crippen molar-refractivity contribution in [1.29, 1.82) is 0 Å². The molecule has 0 aliphatic carbocycles. The summed E-state index contributed by atoms with van der Waals surface area (Å²) >= 11 is 5.00. The minimum Gasteiger partial charge on any atom is -0.447 e. The summed E-state index contributed by atoms with van der Waals surface area (Å²) in [5, 5.41) is 6.70. The fraction of sp³-hybridized carbons (Fsp3) is 0.286. The zero-order chi connectivity index (χ0) is 8.55. The molecular weight excluding hydrogens is 242 g/mol. The Kier molecular flexibility index (Phi) is 2.06. The highest BCUT2D eigenvalue weighted by Gasteiger charge is 2.25. The van der Waals surface area contributed by atoms with Crippen LogP contribution in [0.3, 0.4) is 0 Å². The van der Waals surface area contributed by atoms with E-state index in [0.717, 1.165) is 10.0 Å². The van der Waals surface area contributed by atoms with E-state index < -0.39 is 0 Å². The van der Waals surface area contributed by atoms with Crippen LogP contribution in [0.1, 0.15) is 11.6 Å². The number of amides is 1. The number of carbonyl (C=O) groups is 1. The van der Waals surface area contributed by atoms with E-state index in [4.69, 9.17) is 4.74 Å². The first-order valence-electron chi connectivity index (χ1n) is 3.42. The molecule has 0 bridgehead atoms. The van der Waals surface area contributed by atoms with E-state index in [2.05, 4.69) is 21.2 Å². The number of cyclic esters (lactones) is 1. The van der Waals surface area contributed by atoms with Crippen LogP contribution >= 0.6 is 27.3 Å². The predicted molar refractivity (Wildman–Crippen MR) is 49.2 cm³/mol. The van der Waals surface area contributed by atoms with Crippen LogP contribution in [-0.2, 0) is 4.74 Å². The van der Waals surface area contributed by atoms with Gasteiger partial charge in [-0.1, -0.05) is 0 Å². The molecule has 2 heterocycles. The van der Waals surface area contributed by atoms with Crippen molar-refractivity contribution in [2.75, 3.05) is 6.61 Å². The average Bonchev–Trinajstić information content (AvgIpc) is 2.58. The number of hydrogen-bond acceptors (Lipinski definition) is 3. The van der Waals surface area contributed by atoms with Crippen LogP contribution in [-0.4, -0.2) is 12.7 Å². The van der Waals surface area contributed by atoms with Gasteiger partial charge in [-0.2, -0.15) is 11.3 Å². The summed E-state index contributed by atoms with van der Waals surface area (Å²) in [7, 11) is 0. The molecule has 1 aliphatic heterocycles. The highest BCUT2D eigenvalue weighted by molar-refractivity contribution is 9.10. The number of halogens is 1. The van der Waals surface area contributed by atoms with E-state index in [0.29, 0.717) is 6.61 Å². The van der Waals surface area contributed by atoms with Gasteiger partial charge in [0.1, 0.15) is 6.61 Å². The molecule has 1 amide bonds. The maximum absolute atomic E-state index is 10.7. The molecular formula is C7H6BrNO2S. The van der Waals surface area contributed by atoms with Gasteiger partial charge in [0.2, 0.25) is 0 Å². The molecule has 12 heavy (non-hydrogen) atoms. The number of ether oxygens (including phenoxy) is 1. The lowest BCUT2D eigenvalue weighted by atomic mass is 10.2. The van der Waals surface area contributed by atoms with Crippen LogP contribution in [0.4, 0.5) is 4.79 Å². The zero-order valence-electron chi connectivity index (χ0n) is 6.04. The quantitative estimate of drug-likeness (QED) is 0.828. The van der Waals surface area contributed by atoms with E-state index in [9.17, 15) is 4.79 Å². The highest BCUT2D eigenvalue weighted by atomic mass is 79.9. The second kappa shape index (κ2) is 3.06. The van der Waals surface area contributed by atoms with Gasteiger partial charge in [0, 0.05) is 15.4 Å². The fourth-order valence-corrected chi connectivity index (χ4v) is 2.72. The molecule has 1 aromatic heterocycles. The van der Waals surface area contributed by atoms with Crippen molar-refractivity contribution in [1.82, 2.24) is 5.32 Å². The molecule has 1 saturated heterocycles. The zero-order valence-corrected chi connectivity index (χ0v) is 8.44. The molecule has 0 radical (unpaired) electrons. The largest absolute Gasteiger partial charge is 0.447 e. The van der Waals surface area contributed by atoms with Crippen LogP contribution in [0.15, 0.2) is 15.2 Å². The van der Waals surface area contributed by atoms with Crippen LogP contribution < -0.4 is 5.32 Å². The molecule has 1 N–H and O–H groups in total. The Balaban J connectivity index is 2.21. The summed E-state index contributed by atoms with van der Waals surface area (Å²) in [5.41, 5.74) is 1.09. The molecule has 0 spiro atoms. The van der Waals surface area contributed by atoms with Crippen LogP contribution in [0.25, 0.3) is 0 Å². The number of thiophene rings is 1. The first-order valence-corrected chi connectivity index (χ1v) is 5.16. The SMILES string of the molecule is O=C1NC(c2cscc2Br)CO1. The summed E-state index contributed by atoms with van der Waals surface area (Å²) in [4.78, 5) is 10.7. The topological polar surface area (TPSA) is 38.3 Å². The smallest absolute Gasteiger partial charge is 0.407 e. The number of nitrogens with one attached hydrogen (secondary N) is 1. The third kappa shape index (κ3) is 1.34. The van der Waals surface area contributed by atoms with Crippen molar-refractivity contribution in [3.63, 3.8) is 0 Å². The number of carbonyl (C=O) groups excluding carboxylic acids is 1. The van der Waals surface area contributed by atoms with Gasteiger partial charge >= 0.3 is 6.09 Å². The Hall–Kier alpha value is -0.550. The molecule has 5 heteroatoms. The molecule has 1 aliphatic rings. The minimum atomic E-state index is -0.335. The summed E-state index contributed by atoms with van der Waals surface area (Å²) in [5.74, 6) is 0. The number of rotatable bonds is 1. The van der Waals surface area contributed by atoms with Gasteiger partial charge in [0.05, 0.1) is 6.04 Å². The Morgan fingerprint density at radius 3 is 3.00 bits per heavy atom. The average molecular weight is 248 g/mol. The van der Waals surface area contributed by atoms with Crippen molar-refractivity contribution < 1.29 is 9.53 Å². The first-order chi connectivity index (χ1) is 5.77. The molecule has 0 saturated carbocycles. The van der Waals surface area contributed by atoms with Crippen molar-refractivity contribution in [2.45, 2.75) is 6.04 Å². The van der Waals surface area contributed by atoms with Crippen molar-refractivity contribution >= 4 is 33.4 Å². The molecule has 1 fully saturated rings. The van der Waals surface area contributed by atoms with E-state index in [1.54, 1.807) is 11.3 Å². The lowest BCUT2D eigenvalue weighted by Crippen LogP contribution is -2.17. The molecule has 3 nitrogen and oxygen atoms in total. The molecule has 64 valence electrons. The Bertz CT molecular complexity index is 312. The van der Waals surface area contributed by atoms with Crippen molar-refractivity contribution in [3.8, 4) is 0 Å². The summed E-state index contributed by atoms with van der Waals surface area (Å²) < 4.78 is 5.81. The maximum atomic E-state index is 10.7. The van der Waals surface area contributed by atoms with Gasteiger partial charge in [-0.15, -0.1) is 0 Å². The van der Waals surface area contributed by atoms with Crippen LogP contribution in [0.5, 0.6) is 0 Å². The summed E-state index contributed by atoms with van der Waals surface area (Å²) in [6.45, 7) is 0.425. The molecule has 1 unspecified atom stereocenters. The third-order valence-corrected chi connectivity index (χ3v) is 3.44. The minimum absolute atomic E-state index is 0.0122. The maximum Gasteiger partial charge on any atom is 0.407 e. The first kappa shape index (κ1) is 8.07. The number of alkyl carbamates (subject to hydrolysis) is 1. The predicted octanol–water partition coefficient (Wildman–Crippen LogP) is 2.29. The molecule has 1 aromatic rings. The number of hydrogen-bond donors (Lipinski definition) is 1. The van der Waals surface area contributed by atoms with Gasteiger partial charge in [0.15, 0.2) is 0 Å². The second-order valence-electron chi connectivity index (χ2n) is 2.47. The van der Waals surface area contributed by atoms with Crippen molar-refractivity contribution in [2.24, 2.45) is 0 Å². The lowest BCUT2D eigenvalue weighted by molar-refractivity contribution is 0.177. The Labute approximate surface area is 81.9 Å². The second-order valence-corrected chi connectivity index (χ2v) is 4.07. The van der Waals surface area contributed by atoms with Gasteiger partial charge < -0.3 is 10.1 Å². The van der Waals surface area contributed by atoms with E-state index in [-0.39, 0.29) is 12.1 Å². The molecule has 2 rings (SSSR count). The third-order valence-electron chi connectivity index (χ3n) is 1.69. The lowest BCUT2D eigenvalue weighted by Gasteiger charge is -2.04. The van der Waals surface area contributed by atoms with Crippen LogP contribution in [0, 0.1) is 0 Å². The van der Waals surface area contributed by atoms with Gasteiger partial charge in [-0.25, -0.2) is 4.79 Å². The van der Waals surface area contributed by atoms with Crippen LogP contribution in [0.2, 0.25) is 0 Å². The molecule has 0 aromatic carbocycles. The van der Waals surface area contributed by atoms with Gasteiger partial charge in [-0.05, 0) is 21.3 Å². The normalized spacial score (nSPS) is 22.1. The van der Waals surface area contributed by atoms with Gasteiger partial charge in [-0.3, -0.25) is 0 Å². The Morgan fingerprint density at radius 2 is 2.50 bits per heavy atom. The highest BCUT2D eigenvalue weighted by Crippen LogP contribution is 2.29. The fourth-order valence-electron chi connectivity index (χ4n) is 1.09. The monoisotopic (exact) mass is 247 g/mol. The van der Waals surface area contributed by atoms with Gasteiger partial charge in [0.25, 0.3) is 0 Å². The summed E-state index contributed by atoms with van der Waals surface area (Å²) in [6, 6.07) is 0.0122. The summed E-state index contributed by atoms with van der Waals surface area (Å²) in [6.07, 6.45) is -0.335. The van der Waals surface area contributed by atoms with E-state index >= 15 is 0 Å².